The number of hydrogen-bond donors (Lipinski definition) is 0. The van der Waals surface area contributed by atoms with E-state index >= 15 is 0 Å². The van der Waals surface area contributed by atoms with Crippen LogP contribution < -0.4 is 18.3 Å². The van der Waals surface area contributed by atoms with E-state index in [2.05, 4.69) is 298 Å². The summed E-state index contributed by atoms with van der Waals surface area (Å²) >= 11 is 0. The first-order chi connectivity index (χ1) is 48.6. The van der Waals surface area contributed by atoms with Gasteiger partial charge < -0.3 is 17.7 Å². The van der Waals surface area contributed by atoms with Gasteiger partial charge in [-0.25, -0.2) is 38.2 Å². The Hall–Kier alpha value is -10.7. The van der Waals surface area contributed by atoms with Gasteiger partial charge in [0.1, 0.15) is 28.2 Å². The molecule has 0 aliphatic carbocycles. The minimum atomic E-state index is 0.383. The molecule has 12 heterocycles. The molecule has 0 unspecified atom stereocenters. The molecular weight excluding hydrogens is 1250 g/mol. The molecule has 510 valence electrons. The molecule has 0 aliphatic rings. The Morgan fingerprint density at radius 1 is 0.307 bits per heavy atom. The van der Waals surface area contributed by atoms with Crippen molar-refractivity contribution in [3.63, 3.8) is 0 Å². The van der Waals surface area contributed by atoms with Crippen molar-refractivity contribution in [2.24, 2.45) is 34.1 Å². The number of fused-ring (bicyclic) bond motifs is 12. The van der Waals surface area contributed by atoms with Crippen LogP contribution in [0.3, 0.4) is 0 Å². The Balaban J connectivity index is 0.000000121. The lowest BCUT2D eigenvalue weighted by molar-refractivity contribution is -0.660. The SMILES string of the molecule is CCc1ccc(-c2c(C)ccc3c2oc2nc(C(C)C)ccc23)[n+](C)c1.CCc1ccc(-c2c(C)ccc3c2oc2nc(C)ccc23)[n+](C)c1.CCc1ccc(-c2c(C)ccc3c2oc2nc(C)ccc23)[n+](C)c1.CCc1ccc(-c2c(C)ccc3c2oc2nc(CC(C)C)ccc23)[n+](C)c1. The zero-order valence-corrected chi connectivity index (χ0v) is 62.1. The molecule has 0 radical (unpaired) electrons. The molecular formula is C89H94N8O4+4. The lowest BCUT2D eigenvalue weighted by atomic mass is 10.00. The van der Waals surface area contributed by atoms with Crippen molar-refractivity contribution in [3.8, 4) is 45.0 Å². The second kappa shape index (κ2) is 28.5. The molecule has 12 heteroatoms. The Labute approximate surface area is 592 Å². The molecule has 12 nitrogen and oxygen atoms in total. The van der Waals surface area contributed by atoms with Crippen LogP contribution in [-0.4, -0.2) is 19.9 Å². The number of pyridine rings is 8. The van der Waals surface area contributed by atoms with Crippen molar-refractivity contribution in [2.75, 3.05) is 0 Å². The van der Waals surface area contributed by atoms with E-state index in [1.165, 1.54) is 44.5 Å². The minimum Gasteiger partial charge on any atom is -0.437 e. The molecule has 0 bridgehead atoms. The van der Waals surface area contributed by atoms with Crippen molar-refractivity contribution in [1.82, 2.24) is 19.9 Å². The number of rotatable bonds is 11. The van der Waals surface area contributed by atoms with Crippen molar-refractivity contribution in [2.45, 2.75) is 135 Å². The fraction of sp³-hybridized carbons (Fsp3) is 0.281. The zero-order valence-electron chi connectivity index (χ0n) is 62.1. The fourth-order valence-electron chi connectivity index (χ4n) is 14.2. The molecule has 4 aromatic carbocycles. The number of aryl methyl sites for hydroxylation is 14. The number of benzene rings is 4. The molecule has 0 saturated heterocycles. The summed E-state index contributed by atoms with van der Waals surface area (Å²) in [4.78, 5) is 18.7. The highest BCUT2D eigenvalue weighted by molar-refractivity contribution is 6.12. The molecule has 0 spiro atoms. The summed E-state index contributed by atoms with van der Waals surface area (Å²) in [6, 6.07) is 51.6. The van der Waals surface area contributed by atoms with Gasteiger partial charge in [-0.1, -0.05) is 104 Å². The van der Waals surface area contributed by atoms with E-state index in [0.29, 0.717) is 23.3 Å². The summed E-state index contributed by atoms with van der Waals surface area (Å²) in [6.45, 7) is 30.0. The minimum absolute atomic E-state index is 0.383. The Kier molecular flexibility index (Phi) is 19.4. The second-order valence-electron chi connectivity index (χ2n) is 28.1. The monoisotopic (exact) mass is 1340 g/mol. The first-order valence-electron chi connectivity index (χ1n) is 35.8. The van der Waals surface area contributed by atoms with Crippen LogP contribution in [0.5, 0.6) is 0 Å². The van der Waals surface area contributed by atoms with Gasteiger partial charge in [-0.05, 0) is 181 Å². The lowest BCUT2D eigenvalue weighted by Crippen LogP contribution is -2.31. The van der Waals surface area contributed by atoms with Gasteiger partial charge in [0.2, 0.25) is 45.6 Å². The standard InChI is InChI=1S/C24H27N2O.C23H25N2O.2C21H21N2O/c1-6-17-8-12-21(26(5)14-17)22-16(4)7-10-19-20-11-9-18(13-15(2)3)25-24(20)27-23(19)22;1-6-16-8-12-20(25(5)13-16)21-15(4)7-9-17-18-10-11-19(14(2)3)24-23(18)26-22(17)21;2*1-5-15-8-11-18(23(4)12-15)19-13(2)6-9-16-17-10-7-14(3)22-21(17)24-20(16)19/h7-12,14-15H,6,13H2,1-5H3;7-14H,6H2,1-5H3;2*6-12H,5H2,1-4H3/q4*+1. The van der Waals surface area contributed by atoms with Crippen LogP contribution in [0.25, 0.3) is 133 Å². The molecule has 16 rings (SSSR count). The van der Waals surface area contributed by atoms with Gasteiger partial charge in [0, 0.05) is 112 Å². The molecule has 0 N–H and O–H groups in total. The average molecular weight is 1340 g/mol. The number of furan rings is 4. The van der Waals surface area contributed by atoms with Crippen LogP contribution in [0.15, 0.2) is 188 Å². The summed E-state index contributed by atoms with van der Waals surface area (Å²) in [6.07, 6.45) is 13.9. The molecule has 0 aliphatic heterocycles. The molecule has 16 aromatic rings. The maximum absolute atomic E-state index is 6.33. The van der Waals surface area contributed by atoms with Crippen molar-refractivity contribution in [3.05, 3.63) is 238 Å². The summed E-state index contributed by atoms with van der Waals surface area (Å²) in [5, 5.41) is 8.83. The van der Waals surface area contributed by atoms with Crippen LogP contribution in [0.1, 0.15) is 129 Å². The Morgan fingerprint density at radius 3 is 0.871 bits per heavy atom. The van der Waals surface area contributed by atoms with E-state index in [1.807, 2.05) is 26.0 Å². The third kappa shape index (κ3) is 13.4. The first-order valence-corrected chi connectivity index (χ1v) is 35.8. The molecule has 101 heavy (non-hydrogen) atoms. The van der Waals surface area contributed by atoms with Crippen molar-refractivity contribution in [1.29, 1.82) is 0 Å². The van der Waals surface area contributed by atoms with Gasteiger partial charge >= 0.3 is 0 Å². The Bertz CT molecular complexity index is 5670. The highest BCUT2D eigenvalue weighted by atomic mass is 16.4. The van der Waals surface area contributed by atoms with Crippen molar-refractivity contribution < 1.29 is 35.9 Å². The van der Waals surface area contributed by atoms with Gasteiger partial charge in [-0.15, -0.1) is 0 Å². The normalized spacial score (nSPS) is 11.6. The largest absolute Gasteiger partial charge is 0.437 e. The topological polar surface area (TPSA) is 120 Å². The quantitative estimate of drug-likeness (QED) is 0.117. The first kappa shape index (κ1) is 68.8. The molecule has 0 amide bonds. The van der Waals surface area contributed by atoms with Gasteiger partial charge in [0.15, 0.2) is 47.1 Å². The van der Waals surface area contributed by atoms with Crippen LogP contribution in [0, 0.1) is 47.5 Å². The van der Waals surface area contributed by atoms with E-state index in [9.17, 15) is 0 Å². The summed E-state index contributed by atoms with van der Waals surface area (Å²) < 4.78 is 33.8. The van der Waals surface area contributed by atoms with E-state index in [0.717, 1.165) is 177 Å². The van der Waals surface area contributed by atoms with E-state index in [1.54, 1.807) is 0 Å². The lowest BCUT2D eigenvalue weighted by Gasteiger charge is -2.06. The Morgan fingerprint density at radius 2 is 0.584 bits per heavy atom. The van der Waals surface area contributed by atoms with E-state index in [-0.39, 0.29) is 0 Å². The predicted molar refractivity (Wildman–Crippen MR) is 411 cm³/mol. The maximum atomic E-state index is 6.33. The zero-order chi connectivity index (χ0) is 71.2. The number of nitrogens with zero attached hydrogens (tertiary/aromatic N) is 8. The van der Waals surface area contributed by atoms with Gasteiger partial charge in [-0.2, -0.15) is 0 Å². The summed E-state index contributed by atoms with van der Waals surface area (Å²) in [5.41, 5.74) is 30.1. The van der Waals surface area contributed by atoms with Crippen LogP contribution in [0.2, 0.25) is 0 Å². The summed E-state index contributed by atoms with van der Waals surface area (Å²) in [5.74, 6) is 0.960. The maximum Gasteiger partial charge on any atom is 0.227 e. The number of aromatic nitrogens is 8. The highest BCUT2D eigenvalue weighted by Gasteiger charge is 2.27. The van der Waals surface area contributed by atoms with Gasteiger partial charge in [0.05, 0.1) is 22.3 Å². The van der Waals surface area contributed by atoms with E-state index in [4.69, 9.17) is 27.6 Å². The van der Waals surface area contributed by atoms with Crippen LogP contribution in [-0.2, 0) is 60.3 Å². The van der Waals surface area contributed by atoms with E-state index < -0.39 is 0 Å². The van der Waals surface area contributed by atoms with Gasteiger partial charge in [0.25, 0.3) is 0 Å². The van der Waals surface area contributed by atoms with Crippen LogP contribution in [0.4, 0.5) is 0 Å². The molecule has 0 saturated carbocycles. The average Bonchev–Trinajstić information content (AvgIpc) is 1.65. The summed E-state index contributed by atoms with van der Waals surface area (Å²) in [7, 11) is 8.40. The molecule has 0 atom stereocenters. The highest BCUT2D eigenvalue weighted by Crippen LogP contribution is 2.41. The second-order valence-corrected chi connectivity index (χ2v) is 28.1. The third-order valence-electron chi connectivity index (χ3n) is 19.9. The smallest absolute Gasteiger partial charge is 0.227 e. The molecule has 12 aromatic heterocycles. The molecule has 0 fully saturated rings. The van der Waals surface area contributed by atoms with Gasteiger partial charge in [-0.3, -0.25) is 0 Å². The third-order valence-corrected chi connectivity index (χ3v) is 19.9. The predicted octanol–water partition coefficient (Wildman–Crippen LogP) is 20.3. The fourth-order valence-corrected chi connectivity index (χ4v) is 14.2. The van der Waals surface area contributed by atoms with Crippen molar-refractivity contribution >= 4 is 88.3 Å². The van der Waals surface area contributed by atoms with Crippen LogP contribution >= 0.6 is 0 Å². The number of hydrogen-bond acceptors (Lipinski definition) is 8.